The van der Waals surface area contributed by atoms with Crippen molar-refractivity contribution in [2.75, 3.05) is 13.1 Å². The van der Waals surface area contributed by atoms with Crippen molar-refractivity contribution >= 4 is 65.2 Å². The Morgan fingerprint density at radius 2 is 1.07 bits per heavy atom. The van der Waals surface area contributed by atoms with Gasteiger partial charge in [-0.15, -0.1) is 0 Å². The fourth-order valence-electron chi connectivity index (χ4n) is 6.43. The van der Waals surface area contributed by atoms with Gasteiger partial charge in [-0.05, 0) is 55.9 Å². The van der Waals surface area contributed by atoms with Crippen LogP contribution in [-0.2, 0) is 49.6 Å². The zero-order chi connectivity index (χ0) is 50.8. The van der Waals surface area contributed by atoms with Gasteiger partial charge in [-0.25, -0.2) is 4.79 Å². The van der Waals surface area contributed by atoms with E-state index in [0.29, 0.717) is 12.0 Å². The van der Waals surface area contributed by atoms with Crippen LogP contribution in [-0.4, -0.2) is 131 Å². The van der Waals surface area contributed by atoms with Crippen LogP contribution in [0.3, 0.4) is 0 Å². The van der Waals surface area contributed by atoms with Crippen LogP contribution in [0.1, 0.15) is 91.0 Å². The Morgan fingerprint density at radius 3 is 1.58 bits per heavy atom. The average Bonchev–Trinajstić information content (AvgIpc) is 3.24. The predicted octanol–water partition coefficient (Wildman–Crippen LogP) is -3.51. The average molecular weight is 947 g/mol. The van der Waals surface area contributed by atoms with Gasteiger partial charge >= 0.3 is 11.9 Å². The third-order valence-electron chi connectivity index (χ3n) is 10.2. The lowest BCUT2D eigenvalue weighted by atomic mass is 9.96. The van der Waals surface area contributed by atoms with Crippen molar-refractivity contribution in [3.05, 3.63) is 35.9 Å². The Morgan fingerprint density at radius 1 is 0.597 bits per heavy atom. The smallest absolute Gasteiger partial charge is 0.326 e. The Kier molecular flexibility index (Phi) is 26.1. The highest BCUT2D eigenvalue weighted by Crippen LogP contribution is 2.13. The van der Waals surface area contributed by atoms with Crippen LogP contribution in [0.2, 0.25) is 0 Å². The monoisotopic (exact) mass is 947 g/mol. The van der Waals surface area contributed by atoms with E-state index in [2.05, 4.69) is 41.9 Å². The van der Waals surface area contributed by atoms with Crippen LogP contribution in [0, 0.1) is 11.8 Å². The van der Waals surface area contributed by atoms with Crippen molar-refractivity contribution in [2.24, 2.45) is 56.2 Å². The summed E-state index contributed by atoms with van der Waals surface area (Å²) in [4.78, 5) is 126. The summed E-state index contributed by atoms with van der Waals surface area (Å²) in [5.74, 6) is -10.5. The molecule has 7 amide bonds. The highest BCUT2D eigenvalue weighted by Gasteiger charge is 2.36. The minimum Gasteiger partial charge on any atom is -0.481 e. The maximum atomic E-state index is 14.0. The number of nitrogens with zero attached hydrogens (tertiary/aromatic N) is 2. The number of carbonyl (C=O) groups excluding carboxylic acids is 7. The lowest BCUT2D eigenvalue weighted by Gasteiger charge is -2.29. The number of carboxylic acid groups (broad SMARTS) is 2. The zero-order valence-corrected chi connectivity index (χ0v) is 38.5. The number of carbonyl (C=O) groups is 9. The third kappa shape index (κ3) is 23.6. The SMILES string of the molecule is CC[C@H](C)[C@H](NC(=O)[C@H](CC(=O)O)NC(=O)[C@H](CCCN=C(N)N)NC(=O)[C@H](CC(C)C)NC(=O)[C@@H](N)CCCN=C(N)N)C(=O)N[C@@H](CCC(N)=O)C(=O)N[C@@H](Cc1ccccc1)C(=O)O. The first-order chi connectivity index (χ1) is 31.4. The molecule has 0 fully saturated rings. The number of benzene rings is 1. The minimum absolute atomic E-state index is 0.00995. The minimum atomic E-state index is -1.84. The Hall–Kier alpha value is -7.05. The summed E-state index contributed by atoms with van der Waals surface area (Å²) in [6, 6.07) is -1.54. The zero-order valence-electron chi connectivity index (χ0n) is 38.5. The van der Waals surface area contributed by atoms with E-state index in [1.165, 1.54) is 0 Å². The van der Waals surface area contributed by atoms with Crippen LogP contribution in [0.15, 0.2) is 40.3 Å². The first-order valence-corrected chi connectivity index (χ1v) is 21.9. The van der Waals surface area contributed by atoms with Gasteiger partial charge in [0, 0.05) is 25.9 Å². The molecule has 1 rings (SSSR count). The summed E-state index contributed by atoms with van der Waals surface area (Å²) in [5, 5.41) is 34.5. The molecule has 0 aliphatic carbocycles. The maximum absolute atomic E-state index is 14.0. The number of nitrogens with two attached hydrogens (primary N) is 6. The van der Waals surface area contributed by atoms with Crippen molar-refractivity contribution in [3.63, 3.8) is 0 Å². The van der Waals surface area contributed by atoms with E-state index < -0.39 is 114 Å². The van der Waals surface area contributed by atoms with Crippen molar-refractivity contribution in [1.82, 2.24) is 31.9 Å². The van der Waals surface area contributed by atoms with Gasteiger partial charge in [0.05, 0.1) is 12.5 Å². The van der Waals surface area contributed by atoms with E-state index in [-0.39, 0.29) is 75.9 Å². The molecule has 0 spiro atoms. The summed E-state index contributed by atoms with van der Waals surface area (Å²) >= 11 is 0. The van der Waals surface area contributed by atoms with Crippen LogP contribution in [0.4, 0.5) is 0 Å². The number of nitrogens with one attached hydrogen (secondary N) is 6. The van der Waals surface area contributed by atoms with Crippen LogP contribution >= 0.6 is 0 Å². The van der Waals surface area contributed by atoms with Crippen molar-refractivity contribution < 1.29 is 53.4 Å². The van der Waals surface area contributed by atoms with Crippen LogP contribution in [0.25, 0.3) is 0 Å². The fraction of sp³-hybridized carbons (Fsp3) is 0.595. The lowest BCUT2D eigenvalue weighted by molar-refractivity contribution is -0.142. The highest BCUT2D eigenvalue weighted by atomic mass is 16.4. The second-order valence-electron chi connectivity index (χ2n) is 16.4. The molecule has 0 heterocycles. The number of rotatable bonds is 32. The molecule has 374 valence electrons. The Balaban J connectivity index is 3.42. The molecule has 0 radical (unpaired) electrons. The molecule has 0 aliphatic heterocycles. The standard InChI is InChI=1S/C42H70N14O11/c1-5-23(4)33(39(65)52-27(15-16-31(44)57)36(62)55-30(40(66)67)20-24-11-7-6-8-12-24)56-38(64)29(21-32(58)59)54-35(61)26(14-10-18-50-42(47)48)51-37(63)28(19-22(2)3)53-34(60)25(43)13-9-17-49-41(45)46/h6-8,11-12,22-23,25-30,33H,5,9-10,13-21,43H2,1-4H3,(H2,44,57)(H,51,63)(H,52,65)(H,53,60)(H,54,61)(H,55,62)(H,56,64)(H,58,59)(H,66,67)(H4,45,46,49)(H4,47,48,50)/t23-,25-,26-,27-,28-,29-,30-,33-/m0/s1. The topological polar surface area (TPSA) is 447 Å². The second-order valence-corrected chi connectivity index (χ2v) is 16.4. The molecule has 8 atom stereocenters. The van der Waals surface area contributed by atoms with Crippen molar-refractivity contribution in [1.29, 1.82) is 0 Å². The van der Waals surface area contributed by atoms with Gasteiger partial charge in [-0.3, -0.25) is 48.3 Å². The Labute approximate surface area is 389 Å². The first-order valence-electron chi connectivity index (χ1n) is 21.9. The third-order valence-corrected chi connectivity index (χ3v) is 10.2. The summed E-state index contributed by atoms with van der Waals surface area (Å²) in [5.41, 5.74) is 33.5. The van der Waals surface area contributed by atoms with Crippen LogP contribution in [0.5, 0.6) is 0 Å². The normalized spacial score (nSPS) is 14.5. The number of aliphatic imine (C=N–C) groups is 2. The van der Waals surface area contributed by atoms with Gasteiger partial charge in [0.15, 0.2) is 11.9 Å². The summed E-state index contributed by atoms with van der Waals surface area (Å²) in [7, 11) is 0. The van der Waals surface area contributed by atoms with E-state index in [1.807, 2.05) is 0 Å². The largest absolute Gasteiger partial charge is 0.481 e. The maximum Gasteiger partial charge on any atom is 0.326 e. The number of primary amides is 1. The molecule has 0 saturated carbocycles. The molecule has 25 heteroatoms. The molecule has 1 aromatic carbocycles. The van der Waals surface area contributed by atoms with Gasteiger partial charge in [-0.2, -0.15) is 0 Å². The van der Waals surface area contributed by atoms with E-state index >= 15 is 0 Å². The second kappa shape index (κ2) is 30.2. The molecule has 20 N–H and O–H groups in total. The molecule has 0 saturated heterocycles. The molecule has 0 bridgehead atoms. The predicted molar refractivity (Wildman–Crippen MR) is 247 cm³/mol. The van der Waals surface area contributed by atoms with E-state index in [1.54, 1.807) is 58.0 Å². The molecular formula is C42H70N14O11. The van der Waals surface area contributed by atoms with Gasteiger partial charge in [0.1, 0.15) is 36.3 Å². The first kappa shape index (κ1) is 58.0. The van der Waals surface area contributed by atoms with Gasteiger partial charge in [-0.1, -0.05) is 64.4 Å². The Bertz CT molecular complexity index is 1890. The molecule has 1 aromatic rings. The number of aliphatic carboxylic acids is 2. The van der Waals surface area contributed by atoms with E-state index in [4.69, 9.17) is 34.4 Å². The number of hydrogen-bond donors (Lipinski definition) is 14. The van der Waals surface area contributed by atoms with Crippen molar-refractivity contribution in [3.8, 4) is 0 Å². The number of amides is 7. The summed E-state index contributed by atoms with van der Waals surface area (Å²) in [6.45, 7) is 7.06. The molecule has 67 heavy (non-hydrogen) atoms. The van der Waals surface area contributed by atoms with E-state index in [0.717, 1.165) is 0 Å². The quantitative estimate of drug-likeness (QED) is 0.0189. The molecular weight excluding hydrogens is 877 g/mol. The number of guanidine groups is 2. The molecule has 25 nitrogen and oxygen atoms in total. The number of carboxylic acids is 2. The highest BCUT2D eigenvalue weighted by molar-refractivity contribution is 5.98. The molecule has 0 aliphatic rings. The van der Waals surface area contributed by atoms with Gasteiger partial charge in [0.25, 0.3) is 0 Å². The summed E-state index contributed by atoms with van der Waals surface area (Å²) < 4.78 is 0. The number of hydrogen-bond acceptors (Lipinski definition) is 12. The van der Waals surface area contributed by atoms with Gasteiger partial charge < -0.3 is 76.5 Å². The van der Waals surface area contributed by atoms with Crippen molar-refractivity contribution in [2.45, 2.75) is 134 Å². The van der Waals surface area contributed by atoms with Crippen LogP contribution < -0.4 is 66.3 Å². The lowest BCUT2D eigenvalue weighted by Crippen LogP contribution is -2.61. The van der Waals surface area contributed by atoms with Gasteiger partial charge in [0.2, 0.25) is 41.4 Å². The molecule has 0 unspecified atom stereocenters. The molecule has 0 aromatic heterocycles. The van der Waals surface area contributed by atoms with E-state index in [9.17, 15) is 53.4 Å². The fourth-order valence-corrected chi connectivity index (χ4v) is 6.43. The summed E-state index contributed by atoms with van der Waals surface area (Å²) in [6.07, 6.45) is -0.982.